The lowest BCUT2D eigenvalue weighted by Crippen LogP contribution is -2.32. The minimum Gasteiger partial charge on any atom is -0.446 e. The van der Waals surface area contributed by atoms with Gasteiger partial charge >= 0.3 is 0 Å². The van der Waals surface area contributed by atoms with E-state index < -0.39 is 0 Å². The fraction of sp³-hybridized carbons (Fsp3) is 0.423. The quantitative estimate of drug-likeness (QED) is 0.469. The van der Waals surface area contributed by atoms with Crippen molar-refractivity contribution in [3.63, 3.8) is 0 Å². The Morgan fingerprint density at radius 3 is 2.47 bits per heavy atom. The first-order valence-electron chi connectivity index (χ1n) is 11.3. The summed E-state index contributed by atoms with van der Waals surface area (Å²) < 4.78 is 5.56. The summed E-state index contributed by atoms with van der Waals surface area (Å²) in [5.41, 5.74) is 0.898. The predicted octanol–water partition coefficient (Wildman–Crippen LogP) is 5.29. The van der Waals surface area contributed by atoms with Gasteiger partial charge < -0.3 is 14.6 Å². The van der Waals surface area contributed by atoms with Gasteiger partial charge in [0.25, 0.3) is 11.8 Å². The first-order valence-corrected chi connectivity index (χ1v) is 11.3. The van der Waals surface area contributed by atoms with Crippen molar-refractivity contribution in [1.82, 2.24) is 15.2 Å². The maximum Gasteiger partial charge on any atom is 0.273 e. The van der Waals surface area contributed by atoms with Crippen molar-refractivity contribution in [2.75, 3.05) is 13.1 Å². The first-order chi connectivity index (χ1) is 15.3. The third-order valence-electron chi connectivity index (χ3n) is 5.40. The van der Waals surface area contributed by atoms with Gasteiger partial charge in [0.15, 0.2) is 5.69 Å². The van der Waals surface area contributed by atoms with E-state index in [2.05, 4.69) is 38.0 Å². The number of carbonyl (C=O) groups is 2. The minimum atomic E-state index is -0.255. The Kier molecular flexibility index (Phi) is 8.03. The van der Waals surface area contributed by atoms with Gasteiger partial charge in [0.05, 0.1) is 6.54 Å². The van der Waals surface area contributed by atoms with Crippen molar-refractivity contribution in [2.24, 2.45) is 11.8 Å². The van der Waals surface area contributed by atoms with Gasteiger partial charge in [-0.25, -0.2) is 4.98 Å². The highest BCUT2D eigenvalue weighted by molar-refractivity contribution is 6.07. The molecule has 0 bridgehead atoms. The zero-order chi connectivity index (χ0) is 23.1. The summed E-state index contributed by atoms with van der Waals surface area (Å²) in [6.07, 6.45) is 3.13. The van der Waals surface area contributed by atoms with Crippen LogP contribution < -0.4 is 5.32 Å². The molecule has 32 heavy (non-hydrogen) atoms. The average molecular weight is 436 g/mol. The Morgan fingerprint density at radius 1 is 1.00 bits per heavy atom. The van der Waals surface area contributed by atoms with Crippen molar-refractivity contribution in [2.45, 2.75) is 47.1 Å². The SMILES string of the molecule is CC(C)CCNC(=O)c1coc(CN(CCC(C)C)C(=O)c2cccc3ccccc23)n1. The molecule has 3 aromatic rings. The summed E-state index contributed by atoms with van der Waals surface area (Å²) in [6.45, 7) is 9.87. The predicted molar refractivity (Wildman–Crippen MR) is 126 cm³/mol. The number of hydrogen-bond donors (Lipinski definition) is 1. The molecule has 2 aromatic carbocycles. The molecule has 0 radical (unpaired) electrons. The number of nitrogens with one attached hydrogen (secondary N) is 1. The highest BCUT2D eigenvalue weighted by Crippen LogP contribution is 2.21. The molecule has 0 spiro atoms. The van der Waals surface area contributed by atoms with Gasteiger partial charge in [0, 0.05) is 18.7 Å². The van der Waals surface area contributed by atoms with E-state index in [1.807, 2.05) is 42.5 Å². The molecule has 1 heterocycles. The molecule has 6 nitrogen and oxygen atoms in total. The monoisotopic (exact) mass is 435 g/mol. The van der Waals surface area contributed by atoms with Crippen molar-refractivity contribution in [1.29, 1.82) is 0 Å². The molecule has 1 N–H and O–H groups in total. The number of fused-ring (bicyclic) bond motifs is 1. The van der Waals surface area contributed by atoms with Crippen LogP contribution in [0.5, 0.6) is 0 Å². The maximum atomic E-state index is 13.5. The normalized spacial score (nSPS) is 11.3. The molecular formula is C26H33N3O3. The van der Waals surface area contributed by atoms with Gasteiger partial charge in [-0.3, -0.25) is 9.59 Å². The lowest BCUT2D eigenvalue weighted by Gasteiger charge is -2.23. The van der Waals surface area contributed by atoms with E-state index in [1.54, 1.807) is 4.90 Å². The van der Waals surface area contributed by atoms with Crippen LogP contribution >= 0.6 is 0 Å². The maximum absolute atomic E-state index is 13.5. The molecule has 3 rings (SSSR count). The van der Waals surface area contributed by atoms with Crippen molar-refractivity contribution < 1.29 is 14.0 Å². The van der Waals surface area contributed by atoms with E-state index in [1.165, 1.54) is 6.26 Å². The molecule has 0 aliphatic heterocycles. The lowest BCUT2D eigenvalue weighted by atomic mass is 10.0. The second kappa shape index (κ2) is 10.9. The molecule has 0 unspecified atom stereocenters. The third-order valence-corrected chi connectivity index (χ3v) is 5.40. The Bertz CT molecular complexity index is 1050. The topological polar surface area (TPSA) is 75.4 Å². The highest BCUT2D eigenvalue weighted by atomic mass is 16.3. The summed E-state index contributed by atoms with van der Waals surface area (Å²) in [5.74, 6) is 0.997. The molecule has 2 amide bonds. The molecule has 0 atom stereocenters. The van der Waals surface area contributed by atoms with E-state index in [-0.39, 0.29) is 24.1 Å². The molecule has 0 saturated carbocycles. The molecular weight excluding hydrogens is 402 g/mol. The van der Waals surface area contributed by atoms with Crippen molar-refractivity contribution in [3.05, 3.63) is 65.9 Å². The van der Waals surface area contributed by atoms with Crippen LogP contribution in [0.4, 0.5) is 0 Å². The number of carbonyl (C=O) groups excluding carboxylic acids is 2. The lowest BCUT2D eigenvalue weighted by molar-refractivity contribution is 0.0722. The number of aromatic nitrogens is 1. The first kappa shape index (κ1) is 23.5. The number of amides is 2. The van der Waals surface area contributed by atoms with Crippen molar-refractivity contribution >= 4 is 22.6 Å². The average Bonchev–Trinajstić information content (AvgIpc) is 3.24. The summed E-state index contributed by atoms with van der Waals surface area (Å²) in [6, 6.07) is 13.6. The van der Waals surface area contributed by atoms with E-state index >= 15 is 0 Å². The summed E-state index contributed by atoms with van der Waals surface area (Å²) in [7, 11) is 0. The number of hydrogen-bond acceptors (Lipinski definition) is 4. The standard InChI is InChI=1S/C26H33N3O3/c1-18(2)12-14-27-25(30)23-17-32-24(28-23)16-29(15-13-19(3)4)26(31)22-11-7-9-20-8-5-6-10-21(20)22/h5-11,17-19H,12-16H2,1-4H3,(H,27,30). The Labute approximate surface area is 190 Å². The largest absolute Gasteiger partial charge is 0.446 e. The third kappa shape index (κ3) is 6.19. The van der Waals surface area contributed by atoms with E-state index in [4.69, 9.17) is 4.42 Å². The van der Waals surface area contributed by atoms with Crippen molar-refractivity contribution in [3.8, 4) is 0 Å². The Balaban J connectivity index is 1.77. The van der Waals surface area contributed by atoms with Crippen LogP contribution in [0.25, 0.3) is 10.8 Å². The number of benzene rings is 2. The fourth-order valence-corrected chi connectivity index (χ4v) is 3.46. The van der Waals surface area contributed by atoms with Crippen LogP contribution in [-0.4, -0.2) is 34.8 Å². The number of oxazole rings is 1. The smallest absolute Gasteiger partial charge is 0.273 e. The molecule has 0 saturated heterocycles. The van der Waals surface area contributed by atoms with Gasteiger partial charge in [0.1, 0.15) is 6.26 Å². The summed E-state index contributed by atoms with van der Waals surface area (Å²) >= 11 is 0. The van der Waals surface area contributed by atoms with Gasteiger partial charge in [-0.05, 0) is 41.5 Å². The van der Waals surface area contributed by atoms with Crippen LogP contribution in [-0.2, 0) is 6.54 Å². The second-order valence-corrected chi connectivity index (χ2v) is 9.00. The fourth-order valence-electron chi connectivity index (χ4n) is 3.46. The minimum absolute atomic E-state index is 0.0661. The van der Waals surface area contributed by atoms with E-state index in [0.717, 1.165) is 23.6 Å². The number of rotatable bonds is 10. The highest BCUT2D eigenvalue weighted by Gasteiger charge is 2.21. The molecule has 0 aliphatic rings. The van der Waals surface area contributed by atoms with Gasteiger partial charge in [-0.1, -0.05) is 64.1 Å². The van der Waals surface area contributed by atoms with Gasteiger partial charge in [-0.2, -0.15) is 0 Å². The second-order valence-electron chi connectivity index (χ2n) is 9.00. The Hall–Kier alpha value is -3.15. The van der Waals surface area contributed by atoms with Crippen LogP contribution in [0.3, 0.4) is 0 Å². The van der Waals surface area contributed by atoms with Gasteiger partial charge in [0.2, 0.25) is 5.89 Å². The molecule has 6 heteroatoms. The number of nitrogens with zero attached hydrogens (tertiary/aromatic N) is 2. The molecule has 0 aliphatic carbocycles. The van der Waals surface area contributed by atoms with Crippen LogP contribution in [0, 0.1) is 11.8 Å². The van der Waals surface area contributed by atoms with Crippen LogP contribution in [0.2, 0.25) is 0 Å². The van der Waals surface area contributed by atoms with Crippen LogP contribution in [0.15, 0.2) is 53.1 Å². The summed E-state index contributed by atoms with van der Waals surface area (Å²) in [5, 5.41) is 4.81. The van der Waals surface area contributed by atoms with Gasteiger partial charge in [-0.15, -0.1) is 0 Å². The molecule has 0 fully saturated rings. The van der Waals surface area contributed by atoms with E-state index in [9.17, 15) is 9.59 Å². The molecule has 170 valence electrons. The zero-order valence-electron chi connectivity index (χ0n) is 19.4. The zero-order valence-corrected chi connectivity index (χ0v) is 19.4. The van der Waals surface area contributed by atoms with Crippen LogP contribution in [0.1, 0.15) is 67.3 Å². The Morgan fingerprint density at radius 2 is 1.72 bits per heavy atom. The molecule has 1 aromatic heterocycles. The summed E-state index contributed by atoms with van der Waals surface area (Å²) in [4.78, 5) is 31.9. The van der Waals surface area contributed by atoms with E-state index in [0.29, 0.717) is 36.4 Å².